The highest BCUT2D eigenvalue weighted by Crippen LogP contribution is 2.13. The van der Waals surface area contributed by atoms with Gasteiger partial charge >= 0.3 is 0 Å². The van der Waals surface area contributed by atoms with Crippen molar-refractivity contribution in [3.8, 4) is 0 Å². The molecule has 1 unspecified atom stereocenters. The molecule has 6 nitrogen and oxygen atoms in total. The molecule has 0 aliphatic carbocycles. The minimum absolute atomic E-state index is 0.125. The Morgan fingerprint density at radius 1 is 1.37 bits per heavy atom. The van der Waals surface area contributed by atoms with E-state index in [2.05, 4.69) is 20.3 Å². The second-order valence-corrected chi connectivity index (χ2v) is 4.79. The number of nitrogens with one attached hydrogen (secondary N) is 1. The molecule has 0 bridgehead atoms. The van der Waals surface area contributed by atoms with Gasteiger partial charge in [-0.1, -0.05) is 0 Å². The first-order valence-electron chi connectivity index (χ1n) is 5.92. The summed E-state index contributed by atoms with van der Waals surface area (Å²) < 4.78 is 5.30. The summed E-state index contributed by atoms with van der Waals surface area (Å²) in [5.41, 5.74) is 0. The smallest absolute Gasteiger partial charge is 0.230 e. The number of halogens is 1. The first-order chi connectivity index (χ1) is 9.04. The van der Waals surface area contributed by atoms with Crippen LogP contribution in [0.5, 0.6) is 0 Å². The molecule has 0 aromatic carbocycles. The molecule has 2 rings (SSSR count). The van der Waals surface area contributed by atoms with Crippen LogP contribution in [-0.2, 0) is 6.42 Å². The molecule has 2 aromatic rings. The summed E-state index contributed by atoms with van der Waals surface area (Å²) in [5.74, 6) is 1.89. The molecular weight excluding hydrogens is 266 g/mol. The Bertz CT molecular complexity index is 529. The van der Waals surface area contributed by atoms with Gasteiger partial charge < -0.3 is 14.6 Å². The Morgan fingerprint density at radius 2 is 2.16 bits per heavy atom. The Morgan fingerprint density at radius 3 is 2.79 bits per heavy atom. The Balaban J connectivity index is 2.05. The molecule has 1 atom stereocenters. The van der Waals surface area contributed by atoms with Gasteiger partial charge in [0.25, 0.3) is 0 Å². The fraction of sp³-hybridized carbons (Fsp3) is 0.417. The first kappa shape index (κ1) is 13.6. The molecule has 0 radical (unpaired) electrons. The zero-order valence-corrected chi connectivity index (χ0v) is 11.8. The molecular formula is C12H16ClN5O. The van der Waals surface area contributed by atoms with Crippen molar-refractivity contribution in [2.45, 2.75) is 19.4 Å². The molecule has 19 heavy (non-hydrogen) atoms. The summed E-state index contributed by atoms with van der Waals surface area (Å²) in [6.45, 7) is 2.02. The van der Waals surface area contributed by atoms with Crippen LogP contribution in [0.4, 0.5) is 11.9 Å². The third-order valence-corrected chi connectivity index (χ3v) is 2.63. The predicted octanol–water partition coefficient (Wildman–Crippen LogP) is 2.23. The van der Waals surface area contributed by atoms with Gasteiger partial charge in [-0.25, -0.2) is 0 Å². The van der Waals surface area contributed by atoms with Crippen LogP contribution < -0.4 is 10.2 Å². The van der Waals surface area contributed by atoms with Crippen LogP contribution in [0.3, 0.4) is 0 Å². The van der Waals surface area contributed by atoms with E-state index in [1.165, 1.54) is 0 Å². The van der Waals surface area contributed by atoms with Crippen LogP contribution in [0.25, 0.3) is 0 Å². The zero-order valence-electron chi connectivity index (χ0n) is 11.1. The second kappa shape index (κ2) is 5.88. The fourth-order valence-electron chi connectivity index (χ4n) is 1.61. The van der Waals surface area contributed by atoms with Crippen molar-refractivity contribution < 1.29 is 4.42 Å². The lowest BCUT2D eigenvalue weighted by Crippen LogP contribution is -2.21. The summed E-state index contributed by atoms with van der Waals surface area (Å²) in [6.07, 6.45) is 2.40. The summed E-state index contributed by atoms with van der Waals surface area (Å²) in [7, 11) is 3.70. The molecule has 0 saturated carbocycles. The highest BCUT2D eigenvalue weighted by molar-refractivity contribution is 6.28. The molecule has 2 aromatic heterocycles. The maximum absolute atomic E-state index is 5.87. The molecule has 2 heterocycles. The third-order valence-electron chi connectivity index (χ3n) is 2.46. The van der Waals surface area contributed by atoms with Gasteiger partial charge in [-0.2, -0.15) is 15.0 Å². The monoisotopic (exact) mass is 281 g/mol. The van der Waals surface area contributed by atoms with E-state index in [1.807, 2.05) is 33.2 Å². The lowest BCUT2D eigenvalue weighted by Gasteiger charge is -2.15. The summed E-state index contributed by atoms with van der Waals surface area (Å²) in [4.78, 5) is 14.1. The van der Waals surface area contributed by atoms with Crippen LogP contribution in [-0.4, -0.2) is 35.1 Å². The molecule has 102 valence electrons. The lowest BCUT2D eigenvalue weighted by atomic mass is 10.2. The first-order valence-corrected chi connectivity index (χ1v) is 6.30. The topological polar surface area (TPSA) is 67.1 Å². The number of rotatable bonds is 5. The largest absolute Gasteiger partial charge is 0.469 e. The van der Waals surface area contributed by atoms with Crippen molar-refractivity contribution in [1.82, 2.24) is 15.0 Å². The molecule has 0 fully saturated rings. The van der Waals surface area contributed by atoms with Gasteiger partial charge in [-0.3, -0.25) is 0 Å². The van der Waals surface area contributed by atoms with Crippen molar-refractivity contribution in [1.29, 1.82) is 0 Å². The van der Waals surface area contributed by atoms with Gasteiger partial charge in [0.15, 0.2) is 0 Å². The maximum atomic E-state index is 5.87. The highest BCUT2D eigenvalue weighted by Gasteiger charge is 2.10. The van der Waals surface area contributed by atoms with Gasteiger partial charge in [0.2, 0.25) is 17.2 Å². The normalized spacial score (nSPS) is 12.2. The Labute approximate surface area is 116 Å². The van der Waals surface area contributed by atoms with E-state index in [1.54, 1.807) is 11.2 Å². The van der Waals surface area contributed by atoms with E-state index in [-0.39, 0.29) is 11.3 Å². The number of hydrogen-bond acceptors (Lipinski definition) is 6. The summed E-state index contributed by atoms with van der Waals surface area (Å²) >= 11 is 5.87. The van der Waals surface area contributed by atoms with Crippen LogP contribution in [0, 0.1) is 0 Å². The van der Waals surface area contributed by atoms with Crippen LogP contribution >= 0.6 is 11.6 Å². The number of nitrogens with zero attached hydrogens (tertiary/aromatic N) is 4. The Hall–Kier alpha value is -1.82. The highest BCUT2D eigenvalue weighted by atomic mass is 35.5. The van der Waals surface area contributed by atoms with Gasteiger partial charge in [-0.05, 0) is 30.7 Å². The predicted molar refractivity (Wildman–Crippen MR) is 74.7 cm³/mol. The Kier molecular flexibility index (Phi) is 4.21. The van der Waals surface area contributed by atoms with Gasteiger partial charge in [0.05, 0.1) is 6.26 Å². The third kappa shape index (κ3) is 3.82. The standard InChI is InChI=1S/C12H16ClN5O/c1-8(7-9-5-4-6-19-9)14-11-15-10(13)16-12(17-11)18(2)3/h4-6,8H,7H2,1-3H3,(H,14,15,16,17). The van der Waals surface area contributed by atoms with Crippen molar-refractivity contribution >= 4 is 23.5 Å². The SMILES string of the molecule is CC(Cc1ccco1)Nc1nc(Cl)nc(N(C)C)n1. The van der Waals surface area contributed by atoms with Crippen LogP contribution in [0.1, 0.15) is 12.7 Å². The maximum Gasteiger partial charge on any atom is 0.230 e. The molecule has 1 N–H and O–H groups in total. The fourth-order valence-corrected chi connectivity index (χ4v) is 1.76. The van der Waals surface area contributed by atoms with Gasteiger partial charge in [0.1, 0.15) is 5.76 Å². The van der Waals surface area contributed by atoms with Crippen molar-refractivity contribution in [2.75, 3.05) is 24.3 Å². The minimum Gasteiger partial charge on any atom is -0.469 e. The molecule has 0 aliphatic rings. The van der Waals surface area contributed by atoms with E-state index in [0.717, 1.165) is 12.2 Å². The molecule has 0 spiro atoms. The summed E-state index contributed by atoms with van der Waals surface area (Å²) in [6, 6.07) is 3.93. The van der Waals surface area contributed by atoms with Crippen molar-refractivity contribution in [3.05, 3.63) is 29.4 Å². The van der Waals surface area contributed by atoms with E-state index >= 15 is 0 Å². The van der Waals surface area contributed by atoms with Gasteiger partial charge in [0, 0.05) is 26.6 Å². The number of anilines is 2. The number of furan rings is 1. The average molecular weight is 282 g/mol. The quantitative estimate of drug-likeness (QED) is 0.906. The van der Waals surface area contributed by atoms with Crippen molar-refractivity contribution in [2.24, 2.45) is 0 Å². The molecule has 0 aliphatic heterocycles. The van der Waals surface area contributed by atoms with E-state index < -0.39 is 0 Å². The minimum atomic E-state index is 0.125. The summed E-state index contributed by atoms with van der Waals surface area (Å²) in [5, 5.41) is 3.36. The molecule has 0 saturated heterocycles. The lowest BCUT2D eigenvalue weighted by molar-refractivity contribution is 0.497. The van der Waals surface area contributed by atoms with Gasteiger partial charge in [-0.15, -0.1) is 0 Å². The number of aromatic nitrogens is 3. The van der Waals surface area contributed by atoms with Crippen molar-refractivity contribution in [3.63, 3.8) is 0 Å². The van der Waals surface area contributed by atoms with E-state index in [9.17, 15) is 0 Å². The van der Waals surface area contributed by atoms with E-state index in [4.69, 9.17) is 16.0 Å². The van der Waals surface area contributed by atoms with Crippen LogP contribution in [0.15, 0.2) is 22.8 Å². The molecule has 0 amide bonds. The average Bonchev–Trinajstić information content (AvgIpc) is 2.80. The second-order valence-electron chi connectivity index (χ2n) is 4.45. The number of hydrogen-bond donors (Lipinski definition) is 1. The zero-order chi connectivity index (χ0) is 13.8. The van der Waals surface area contributed by atoms with Crippen LogP contribution in [0.2, 0.25) is 5.28 Å². The molecule has 7 heteroatoms. The van der Waals surface area contributed by atoms with E-state index in [0.29, 0.717) is 11.9 Å².